The fraction of sp³-hybridized carbons (Fsp3) is 0.519. The van der Waals surface area contributed by atoms with Crippen LogP contribution in [0.1, 0.15) is 75.3 Å². The SMILES string of the molecule is CCOC(=O)c1cn(C2CC2)c2c(C=CC[C@@H]3C[C@@H](O)CN3C(=O)OC(C)(C)C)c(F)c(F)cc2c1=O. The number of pyridine rings is 1. The summed E-state index contributed by atoms with van der Waals surface area (Å²) in [4.78, 5) is 39.5. The van der Waals surface area contributed by atoms with Crippen molar-refractivity contribution in [2.45, 2.75) is 77.2 Å². The Labute approximate surface area is 213 Å². The zero-order valence-electron chi connectivity index (χ0n) is 21.4. The lowest BCUT2D eigenvalue weighted by Crippen LogP contribution is -2.40. The predicted molar refractivity (Wildman–Crippen MR) is 133 cm³/mol. The van der Waals surface area contributed by atoms with Crippen molar-refractivity contribution >= 4 is 29.0 Å². The van der Waals surface area contributed by atoms with Gasteiger partial charge >= 0.3 is 12.1 Å². The van der Waals surface area contributed by atoms with Crippen LogP contribution in [0.4, 0.5) is 13.6 Å². The monoisotopic (exact) mass is 518 g/mol. The maximum Gasteiger partial charge on any atom is 0.410 e. The number of hydrogen-bond donors (Lipinski definition) is 1. The number of benzene rings is 1. The second kappa shape index (κ2) is 10.2. The molecule has 200 valence electrons. The molecule has 37 heavy (non-hydrogen) atoms. The van der Waals surface area contributed by atoms with Crippen LogP contribution in [0.2, 0.25) is 0 Å². The van der Waals surface area contributed by atoms with Gasteiger partial charge in [0.05, 0.1) is 30.2 Å². The Morgan fingerprint density at radius 2 is 1.95 bits per heavy atom. The Balaban J connectivity index is 1.71. The lowest BCUT2D eigenvalue weighted by Gasteiger charge is -2.28. The quantitative estimate of drug-likeness (QED) is 0.563. The number of hydrogen-bond acceptors (Lipinski definition) is 6. The highest BCUT2D eigenvalue weighted by Crippen LogP contribution is 2.39. The molecule has 1 aliphatic heterocycles. The summed E-state index contributed by atoms with van der Waals surface area (Å²) in [5.74, 6) is -3.14. The van der Waals surface area contributed by atoms with Crippen molar-refractivity contribution in [3.05, 3.63) is 51.3 Å². The van der Waals surface area contributed by atoms with Crippen molar-refractivity contribution in [2.75, 3.05) is 13.2 Å². The number of carbonyl (C=O) groups excluding carboxylic acids is 2. The van der Waals surface area contributed by atoms with E-state index in [-0.39, 0.29) is 47.6 Å². The van der Waals surface area contributed by atoms with Crippen molar-refractivity contribution in [3.8, 4) is 0 Å². The first-order valence-electron chi connectivity index (χ1n) is 12.5. The van der Waals surface area contributed by atoms with Crippen molar-refractivity contribution < 1.29 is 33.0 Å². The van der Waals surface area contributed by atoms with Crippen LogP contribution in [0.5, 0.6) is 0 Å². The Kier molecular flexibility index (Phi) is 7.41. The summed E-state index contributed by atoms with van der Waals surface area (Å²) in [6.07, 6.45) is 5.18. The molecular weight excluding hydrogens is 486 g/mol. The fourth-order valence-corrected chi connectivity index (χ4v) is 4.64. The van der Waals surface area contributed by atoms with E-state index in [2.05, 4.69) is 0 Å². The summed E-state index contributed by atoms with van der Waals surface area (Å²) in [7, 11) is 0. The van der Waals surface area contributed by atoms with Gasteiger partial charge in [-0.3, -0.25) is 4.79 Å². The molecule has 10 heteroatoms. The average Bonchev–Trinajstić information content (AvgIpc) is 3.58. The molecule has 4 rings (SSSR count). The number of likely N-dealkylation sites (tertiary alicyclic amines) is 1. The summed E-state index contributed by atoms with van der Waals surface area (Å²) in [6, 6.07) is 0.370. The van der Waals surface area contributed by atoms with E-state index in [1.165, 1.54) is 17.2 Å². The molecule has 2 aliphatic rings. The number of amides is 1. The Bertz CT molecular complexity index is 1310. The van der Waals surface area contributed by atoms with Crippen LogP contribution in [0.15, 0.2) is 23.1 Å². The Hall–Kier alpha value is -3.27. The van der Waals surface area contributed by atoms with Gasteiger partial charge in [0.25, 0.3) is 0 Å². The zero-order valence-corrected chi connectivity index (χ0v) is 21.4. The van der Waals surface area contributed by atoms with Crippen molar-refractivity contribution in [3.63, 3.8) is 0 Å². The summed E-state index contributed by atoms with van der Waals surface area (Å²) in [6.45, 7) is 7.04. The highest BCUT2D eigenvalue weighted by Gasteiger charge is 2.36. The van der Waals surface area contributed by atoms with E-state index in [0.29, 0.717) is 6.42 Å². The second-order valence-corrected chi connectivity index (χ2v) is 10.5. The van der Waals surface area contributed by atoms with Crippen LogP contribution in [-0.2, 0) is 9.47 Å². The molecule has 1 N–H and O–H groups in total. The van der Waals surface area contributed by atoms with E-state index < -0.39 is 46.9 Å². The molecular formula is C27H32F2N2O6. The molecule has 2 heterocycles. The standard InChI is InChI=1S/C27H32F2N2O6/c1-5-36-25(34)20-14-30(15-9-10-15)23-18(22(29)21(28)12-19(23)24(20)33)8-6-7-16-11-17(32)13-31(16)26(35)37-27(2,3)4/h6,8,12,14-17,32H,5,7,9-11,13H2,1-4H3/t16-,17-/m1/s1. The van der Waals surface area contributed by atoms with Crippen LogP contribution < -0.4 is 5.43 Å². The van der Waals surface area contributed by atoms with Gasteiger partial charge in [-0.15, -0.1) is 0 Å². The maximum atomic E-state index is 15.1. The highest BCUT2D eigenvalue weighted by molar-refractivity contribution is 5.96. The molecule has 2 aromatic rings. The van der Waals surface area contributed by atoms with Crippen molar-refractivity contribution in [1.29, 1.82) is 0 Å². The predicted octanol–water partition coefficient (Wildman–Crippen LogP) is 4.56. The van der Waals surface area contributed by atoms with Gasteiger partial charge in [0.15, 0.2) is 11.6 Å². The molecule has 0 unspecified atom stereocenters. The smallest absolute Gasteiger partial charge is 0.410 e. The van der Waals surface area contributed by atoms with Gasteiger partial charge in [-0.1, -0.05) is 12.2 Å². The lowest BCUT2D eigenvalue weighted by atomic mass is 10.0. The van der Waals surface area contributed by atoms with Crippen LogP contribution in [0.25, 0.3) is 17.0 Å². The number of fused-ring (bicyclic) bond motifs is 1. The van der Waals surface area contributed by atoms with Crippen LogP contribution >= 0.6 is 0 Å². The largest absolute Gasteiger partial charge is 0.462 e. The van der Waals surface area contributed by atoms with Crippen LogP contribution in [0.3, 0.4) is 0 Å². The Morgan fingerprint density at radius 1 is 1.24 bits per heavy atom. The van der Waals surface area contributed by atoms with E-state index >= 15 is 4.39 Å². The van der Waals surface area contributed by atoms with E-state index in [9.17, 15) is 23.9 Å². The number of aliphatic hydroxyl groups excluding tert-OH is 1. The topological polar surface area (TPSA) is 98.1 Å². The molecule has 1 saturated carbocycles. The third-order valence-corrected chi connectivity index (χ3v) is 6.39. The number of aliphatic hydroxyl groups is 1. The molecule has 2 fully saturated rings. The first-order chi connectivity index (χ1) is 17.4. The fourth-order valence-electron chi connectivity index (χ4n) is 4.64. The van der Waals surface area contributed by atoms with Crippen LogP contribution in [-0.4, -0.2) is 57.5 Å². The summed E-state index contributed by atoms with van der Waals surface area (Å²) in [5, 5.41) is 10.0. The maximum absolute atomic E-state index is 15.1. The van der Waals surface area contributed by atoms with Crippen molar-refractivity contribution in [2.24, 2.45) is 0 Å². The molecule has 0 bridgehead atoms. The van der Waals surface area contributed by atoms with Gasteiger partial charge in [-0.25, -0.2) is 18.4 Å². The number of β-amino-alcohol motifs (C(OH)–C–C–N with tert-alkyl or cyclic N) is 1. The normalized spacial score (nSPS) is 20.1. The third kappa shape index (κ3) is 5.69. The van der Waals surface area contributed by atoms with E-state index in [4.69, 9.17) is 9.47 Å². The van der Waals surface area contributed by atoms with E-state index in [1.807, 2.05) is 0 Å². The number of nitrogens with zero attached hydrogens (tertiary/aromatic N) is 2. The van der Waals surface area contributed by atoms with Crippen LogP contribution in [0, 0.1) is 11.6 Å². The summed E-state index contributed by atoms with van der Waals surface area (Å²) in [5.41, 5.74) is -1.57. The molecule has 1 amide bonds. The minimum Gasteiger partial charge on any atom is -0.462 e. The first kappa shape index (κ1) is 26.8. The summed E-state index contributed by atoms with van der Waals surface area (Å²) < 4.78 is 41.8. The molecule has 1 aliphatic carbocycles. The highest BCUT2D eigenvalue weighted by atomic mass is 19.2. The minimum atomic E-state index is -1.21. The number of ether oxygens (including phenoxy) is 2. The number of carbonyl (C=O) groups is 2. The van der Waals surface area contributed by atoms with E-state index in [1.54, 1.807) is 38.3 Å². The Morgan fingerprint density at radius 3 is 2.57 bits per heavy atom. The number of aromatic nitrogens is 1. The minimum absolute atomic E-state index is 0.0547. The zero-order chi connectivity index (χ0) is 27.1. The number of rotatable bonds is 6. The average molecular weight is 519 g/mol. The third-order valence-electron chi connectivity index (χ3n) is 6.39. The van der Waals surface area contributed by atoms with Gasteiger partial charge in [-0.05, 0) is 59.4 Å². The number of halogens is 2. The van der Waals surface area contributed by atoms with Gasteiger partial charge in [-0.2, -0.15) is 0 Å². The molecule has 2 atom stereocenters. The second-order valence-electron chi connectivity index (χ2n) is 10.5. The van der Waals surface area contributed by atoms with Gasteiger partial charge < -0.3 is 24.0 Å². The number of esters is 1. The molecule has 1 aromatic carbocycles. The molecule has 8 nitrogen and oxygen atoms in total. The molecule has 0 radical (unpaired) electrons. The summed E-state index contributed by atoms with van der Waals surface area (Å²) >= 11 is 0. The lowest BCUT2D eigenvalue weighted by molar-refractivity contribution is 0.0210. The molecule has 1 aromatic heterocycles. The van der Waals surface area contributed by atoms with Gasteiger partial charge in [0.1, 0.15) is 11.2 Å². The molecule has 1 saturated heterocycles. The van der Waals surface area contributed by atoms with E-state index in [0.717, 1.165) is 18.9 Å². The first-order valence-corrected chi connectivity index (χ1v) is 12.5. The van der Waals surface area contributed by atoms with Gasteiger partial charge in [0, 0.05) is 23.8 Å². The van der Waals surface area contributed by atoms with Crippen molar-refractivity contribution in [1.82, 2.24) is 9.47 Å². The van der Waals surface area contributed by atoms with Gasteiger partial charge in [0.2, 0.25) is 5.43 Å². The molecule has 0 spiro atoms.